The third kappa shape index (κ3) is 5.97. The van der Waals surface area contributed by atoms with Gasteiger partial charge in [-0.05, 0) is 45.0 Å². The summed E-state index contributed by atoms with van der Waals surface area (Å²) in [5.41, 5.74) is -0.241. The van der Waals surface area contributed by atoms with Gasteiger partial charge in [-0.3, -0.25) is 4.79 Å². The fraction of sp³-hybridized carbons (Fsp3) is 0.471. The van der Waals surface area contributed by atoms with Crippen molar-refractivity contribution in [2.45, 2.75) is 38.1 Å². The van der Waals surface area contributed by atoms with Crippen LogP contribution in [0.15, 0.2) is 29.4 Å². The van der Waals surface area contributed by atoms with Crippen LogP contribution in [0.5, 0.6) is 11.5 Å². The molecule has 0 atom stereocenters. The van der Waals surface area contributed by atoms with Gasteiger partial charge in [0.15, 0.2) is 11.0 Å². The zero-order valence-electron chi connectivity index (χ0n) is 15.2. The summed E-state index contributed by atoms with van der Waals surface area (Å²) in [5.74, 6) is 2.45. The van der Waals surface area contributed by atoms with Gasteiger partial charge in [-0.2, -0.15) is 0 Å². The van der Waals surface area contributed by atoms with Gasteiger partial charge in [-0.1, -0.05) is 11.8 Å². The van der Waals surface area contributed by atoms with Gasteiger partial charge in [0.05, 0.1) is 12.9 Å². The Morgan fingerprint density at radius 2 is 1.84 bits per heavy atom. The molecule has 0 bridgehead atoms. The molecule has 1 amide bonds. The molecule has 136 valence electrons. The molecule has 0 saturated carbocycles. The predicted molar refractivity (Wildman–Crippen MR) is 96.9 cm³/mol. The number of rotatable bonds is 7. The number of thioether (sulfide) groups is 1. The minimum atomic E-state index is -0.241. The maximum absolute atomic E-state index is 11.9. The summed E-state index contributed by atoms with van der Waals surface area (Å²) in [6.07, 6.45) is 0. The van der Waals surface area contributed by atoms with Crippen LogP contribution in [0.2, 0.25) is 0 Å². The van der Waals surface area contributed by atoms with Crippen LogP contribution in [0.3, 0.4) is 0 Å². The van der Waals surface area contributed by atoms with Crippen LogP contribution in [-0.2, 0) is 18.4 Å². The van der Waals surface area contributed by atoms with Crippen LogP contribution in [-0.4, -0.2) is 39.1 Å². The summed E-state index contributed by atoms with van der Waals surface area (Å²) in [5, 5.41) is 11.8. The van der Waals surface area contributed by atoms with Crippen LogP contribution >= 0.6 is 11.8 Å². The molecule has 0 aliphatic carbocycles. The van der Waals surface area contributed by atoms with Gasteiger partial charge < -0.3 is 19.4 Å². The van der Waals surface area contributed by atoms with E-state index in [9.17, 15) is 4.79 Å². The van der Waals surface area contributed by atoms with E-state index in [1.54, 1.807) is 7.11 Å². The monoisotopic (exact) mass is 364 g/mol. The molecular formula is C17H24N4O3S. The first kappa shape index (κ1) is 19.1. The van der Waals surface area contributed by atoms with Crippen molar-refractivity contribution in [2.75, 3.05) is 12.9 Å². The molecule has 1 N–H and O–H groups in total. The number of hydrogen-bond donors (Lipinski definition) is 1. The Morgan fingerprint density at radius 3 is 2.44 bits per heavy atom. The van der Waals surface area contributed by atoms with E-state index in [1.807, 2.05) is 56.7 Å². The normalized spacial score (nSPS) is 11.2. The van der Waals surface area contributed by atoms with E-state index in [0.717, 1.165) is 11.5 Å². The van der Waals surface area contributed by atoms with E-state index < -0.39 is 0 Å². The number of hydrogen-bond acceptors (Lipinski definition) is 6. The van der Waals surface area contributed by atoms with Gasteiger partial charge in [0.1, 0.15) is 18.1 Å². The van der Waals surface area contributed by atoms with E-state index in [4.69, 9.17) is 9.47 Å². The van der Waals surface area contributed by atoms with E-state index in [2.05, 4.69) is 15.5 Å². The highest BCUT2D eigenvalue weighted by Crippen LogP contribution is 2.19. The average Bonchev–Trinajstić information content (AvgIpc) is 2.90. The Bertz CT molecular complexity index is 708. The fourth-order valence-corrected chi connectivity index (χ4v) is 2.73. The highest BCUT2D eigenvalue weighted by Gasteiger charge is 2.16. The number of benzene rings is 1. The Labute approximate surface area is 152 Å². The molecule has 0 spiro atoms. The molecule has 8 heteroatoms. The smallest absolute Gasteiger partial charge is 0.230 e. The summed E-state index contributed by atoms with van der Waals surface area (Å²) in [6, 6.07) is 7.34. The van der Waals surface area contributed by atoms with Crippen molar-refractivity contribution in [3.05, 3.63) is 30.1 Å². The molecule has 1 aromatic carbocycles. The minimum Gasteiger partial charge on any atom is -0.497 e. The number of nitrogens with one attached hydrogen (secondary N) is 1. The Balaban J connectivity index is 1.88. The number of aromatic nitrogens is 3. The molecule has 0 unspecified atom stereocenters. The molecular weight excluding hydrogens is 340 g/mol. The standard InChI is InChI=1S/C17H24N4O3S/c1-17(2,3)18-15(22)11-25-16-20-19-14(21(16)4)10-24-13-8-6-12(23-5)7-9-13/h6-9H,10-11H2,1-5H3,(H,18,22). The van der Waals surface area contributed by atoms with Crippen molar-refractivity contribution in [1.29, 1.82) is 0 Å². The van der Waals surface area contributed by atoms with Gasteiger partial charge in [0, 0.05) is 12.6 Å². The molecule has 0 radical (unpaired) electrons. The van der Waals surface area contributed by atoms with Crippen LogP contribution in [0.25, 0.3) is 0 Å². The van der Waals surface area contributed by atoms with Crippen LogP contribution in [0.4, 0.5) is 0 Å². The van der Waals surface area contributed by atoms with Gasteiger partial charge in [0.2, 0.25) is 5.91 Å². The second-order valence-corrected chi connectivity index (χ2v) is 7.45. The van der Waals surface area contributed by atoms with E-state index >= 15 is 0 Å². The highest BCUT2D eigenvalue weighted by atomic mass is 32.2. The van der Waals surface area contributed by atoms with E-state index in [1.165, 1.54) is 11.8 Å². The minimum absolute atomic E-state index is 0.0310. The molecule has 0 saturated heterocycles. The first-order valence-corrected chi connectivity index (χ1v) is 8.86. The van der Waals surface area contributed by atoms with E-state index in [0.29, 0.717) is 23.3 Å². The lowest BCUT2D eigenvalue weighted by molar-refractivity contribution is -0.119. The summed E-state index contributed by atoms with van der Waals surface area (Å²) in [4.78, 5) is 11.9. The number of amides is 1. The highest BCUT2D eigenvalue weighted by molar-refractivity contribution is 7.99. The second-order valence-electron chi connectivity index (χ2n) is 6.51. The molecule has 7 nitrogen and oxygen atoms in total. The van der Waals surface area contributed by atoms with Crippen LogP contribution in [0, 0.1) is 0 Å². The van der Waals surface area contributed by atoms with Crippen molar-refractivity contribution in [2.24, 2.45) is 7.05 Å². The summed E-state index contributed by atoms with van der Waals surface area (Å²) < 4.78 is 12.7. The largest absolute Gasteiger partial charge is 0.497 e. The van der Waals surface area contributed by atoms with Gasteiger partial charge in [0.25, 0.3) is 0 Å². The number of carbonyl (C=O) groups excluding carboxylic acids is 1. The van der Waals surface area contributed by atoms with Crippen LogP contribution < -0.4 is 14.8 Å². The summed E-state index contributed by atoms with van der Waals surface area (Å²) in [6.45, 7) is 6.15. The summed E-state index contributed by atoms with van der Waals surface area (Å²) in [7, 11) is 3.48. The third-order valence-electron chi connectivity index (χ3n) is 3.20. The second kappa shape index (κ2) is 8.24. The van der Waals surface area contributed by atoms with E-state index in [-0.39, 0.29) is 11.4 Å². The Morgan fingerprint density at radius 1 is 1.20 bits per heavy atom. The maximum Gasteiger partial charge on any atom is 0.230 e. The predicted octanol–water partition coefficient (Wildman–Crippen LogP) is 2.41. The van der Waals surface area contributed by atoms with Crippen molar-refractivity contribution in [1.82, 2.24) is 20.1 Å². The van der Waals surface area contributed by atoms with Gasteiger partial charge >= 0.3 is 0 Å². The first-order valence-electron chi connectivity index (χ1n) is 7.87. The van der Waals surface area contributed by atoms with Crippen molar-refractivity contribution in [3.8, 4) is 11.5 Å². The Kier molecular flexibility index (Phi) is 6.30. The number of ether oxygens (including phenoxy) is 2. The molecule has 1 heterocycles. The molecule has 0 aliphatic rings. The third-order valence-corrected chi connectivity index (χ3v) is 4.22. The molecule has 25 heavy (non-hydrogen) atoms. The van der Waals surface area contributed by atoms with Crippen molar-refractivity contribution >= 4 is 17.7 Å². The van der Waals surface area contributed by atoms with Gasteiger partial charge in [-0.25, -0.2) is 0 Å². The number of methoxy groups -OCH3 is 1. The molecule has 2 rings (SSSR count). The topological polar surface area (TPSA) is 78.3 Å². The Hall–Kier alpha value is -2.22. The summed E-state index contributed by atoms with van der Waals surface area (Å²) >= 11 is 1.35. The SMILES string of the molecule is COc1ccc(OCc2nnc(SCC(=O)NC(C)(C)C)n2C)cc1. The number of carbonyl (C=O) groups is 1. The molecule has 0 fully saturated rings. The molecule has 0 aliphatic heterocycles. The molecule has 1 aromatic heterocycles. The van der Waals surface area contributed by atoms with Crippen molar-refractivity contribution in [3.63, 3.8) is 0 Å². The quantitative estimate of drug-likeness (QED) is 0.760. The van der Waals surface area contributed by atoms with Crippen molar-refractivity contribution < 1.29 is 14.3 Å². The zero-order valence-corrected chi connectivity index (χ0v) is 16.0. The molecule has 2 aromatic rings. The number of nitrogens with zero attached hydrogens (tertiary/aromatic N) is 3. The lowest BCUT2D eigenvalue weighted by atomic mass is 10.1. The lowest BCUT2D eigenvalue weighted by Crippen LogP contribution is -2.41. The zero-order chi connectivity index (χ0) is 18.4. The lowest BCUT2D eigenvalue weighted by Gasteiger charge is -2.20. The van der Waals surface area contributed by atoms with Gasteiger partial charge in [-0.15, -0.1) is 10.2 Å². The maximum atomic E-state index is 11.9. The average molecular weight is 364 g/mol. The van der Waals surface area contributed by atoms with Crippen LogP contribution in [0.1, 0.15) is 26.6 Å². The fourth-order valence-electron chi connectivity index (χ4n) is 2.00. The first-order chi connectivity index (χ1) is 11.8.